The van der Waals surface area contributed by atoms with E-state index in [-0.39, 0.29) is 20.1 Å². The van der Waals surface area contributed by atoms with Gasteiger partial charge in [-0.25, -0.2) is 0 Å². The summed E-state index contributed by atoms with van der Waals surface area (Å²) in [7, 11) is 0. The van der Waals surface area contributed by atoms with Gasteiger partial charge in [0.2, 0.25) is 0 Å². The Labute approximate surface area is 224 Å². The van der Waals surface area contributed by atoms with Crippen molar-refractivity contribution in [1.29, 1.82) is 0 Å². The molecule has 0 aliphatic carbocycles. The summed E-state index contributed by atoms with van der Waals surface area (Å²) in [5.41, 5.74) is 7.20. The van der Waals surface area contributed by atoms with Gasteiger partial charge in [-0.05, 0) is 47.2 Å². The molecule has 0 saturated carbocycles. The number of rotatable bonds is 4. The van der Waals surface area contributed by atoms with E-state index >= 15 is 0 Å². The number of hydrogen-bond acceptors (Lipinski definition) is 2. The minimum absolute atomic E-state index is 0. The molecule has 0 atom stereocenters. The maximum Gasteiger partial charge on any atom is 0.0774 e. The molecule has 0 aliphatic heterocycles. The number of nitrogens with zero attached hydrogens (tertiary/aromatic N) is 2. The topological polar surface area (TPSA) is 17.8 Å². The zero-order valence-electron chi connectivity index (χ0n) is 20.3. The van der Waals surface area contributed by atoms with Gasteiger partial charge in [0.15, 0.2) is 0 Å². The van der Waals surface area contributed by atoms with Crippen LogP contribution in [0.5, 0.6) is 0 Å². The molecule has 0 aliphatic rings. The van der Waals surface area contributed by atoms with Crippen LogP contribution in [-0.4, -0.2) is 9.55 Å². The van der Waals surface area contributed by atoms with Gasteiger partial charge >= 0.3 is 0 Å². The minimum atomic E-state index is 0. The third-order valence-electron chi connectivity index (χ3n) is 6.64. The maximum absolute atomic E-state index is 5.12. The van der Waals surface area contributed by atoms with E-state index in [1.807, 2.05) is 23.5 Å². The molecule has 6 aromatic rings. The van der Waals surface area contributed by atoms with Crippen LogP contribution in [0.25, 0.3) is 48.3 Å². The summed E-state index contributed by atoms with van der Waals surface area (Å²) in [6.45, 7) is 9.25. The average Bonchev–Trinajstić information content (AvgIpc) is 3.41. The predicted molar refractivity (Wildman–Crippen MR) is 146 cm³/mol. The molecular weight excluding hydrogens is 625 g/mol. The number of imidazole rings is 1. The Bertz CT molecular complexity index is 1660. The van der Waals surface area contributed by atoms with Crippen molar-refractivity contribution in [3.05, 3.63) is 96.1 Å². The van der Waals surface area contributed by atoms with Crippen LogP contribution in [0, 0.1) is 6.07 Å². The molecule has 0 N–H and O–H groups in total. The smallest absolute Gasteiger partial charge is 0.0774 e. The number of thiophene rings is 1. The molecule has 2 nitrogen and oxygen atoms in total. The predicted octanol–water partition coefficient (Wildman–Crippen LogP) is 9.10. The number of para-hydroxylation sites is 2. The van der Waals surface area contributed by atoms with Crippen molar-refractivity contribution < 1.29 is 20.1 Å². The van der Waals surface area contributed by atoms with Crippen molar-refractivity contribution in [1.82, 2.24) is 9.55 Å². The summed E-state index contributed by atoms with van der Waals surface area (Å²) < 4.78 is 5.12. The van der Waals surface area contributed by atoms with Crippen molar-refractivity contribution in [2.24, 2.45) is 0 Å². The van der Waals surface area contributed by atoms with E-state index in [1.165, 1.54) is 37.0 Å². The van der Waals surface area contributed by atoms with Gasteiger partial charge < -0.3 is 4.57 Å². The molecule has 2 heterocycles. The van der Waals surface area contributed by atoms with Crippen molar-refractivity contribution in [3.63, 3.8) is 0 Å². The molecule has 4 heteroatoms. The molecule has 35 heavy (non-hydrogen) atoms. The van der Waals surface area contributed by atoms with E-state index in [4.69, 9.17) is 4.98 Å². The zero-order valence-corrected chi connectivity index (χ0v) is 23.5. The third kappa shape index (κ3) is 3.85. The molecular formula is C31H27IrN2S-. The summed E-state index contributed by atoms with van der Waals surface area (Å²) >= 11 is 1.90. The quantitative estimate of drug-likeness (QED) is 0.174. The summed E-state index contributed by atoms with van der Waals surface area (Å²) in [6, 6.07) is 31.3. The van der Waals surface area contributed by atoms with Gasteiger partial charge in [0, 0.05) is 46.0 Å². The Kier molecular flexibility index (Phi) is 6.39. The summed E-state index contributed by atoms with van der Waals surface area (Å²) in [6.07, 6.45) is 0. The van der Waals surface area contributed by atoms with Crippen LogP contribution in [0.4, 0.5) is 0 Å². The van der Waals surface area contributed by atoms with Crippen LogP contribution in [-0.2, 0) is 20.1 Å². The molecule has 2 aromatic heterocycles. The van der Waals surface area contributed by atoms with Gasteiger partial charge in [0.05, 0.1) is 16.9 Å². The van der Waals surface area contributed by atoms with Gasteiger partial charge in [-0.1, -0.05) is 58.0 Å². The molecule has 0 unspecified atom stereocenters. The number of fused-ring (bicyclic) bond motifs is 4. The van der Waals surface area contributed by atoms with Crippen molar-refractivity contribution in [2.75, 3.05) is 0 Å². The Morgan fingerprint density at radius 3 is 2.31 bits per heavy atom. The Morgan fingerprint density at radius 1 is 0.829 bits per heavy atom. The fourth-order valence-electron chi connectivity index (χ4n) is 5.14. The van der Waals surface area contributed by atoms with E-state index in [1.54, 1.807) is 0 Å². The van der Waals surface area contributed by atoms with Gasteiger partial charge in [-0.3, -0.25) is 4.98 Å². The normalized spacial score (nSPS) is 11.7. The monoisotopic (exact) mass is 652 g/mol. The molecule has 177 valence electrons. The first kappa shape index (κ1) is 23.9. The number of benzene rings is 4. The van der Waals surface area contributed by atoms with E-state index in [0.29, 0.717) is 11.8 Å². The Hall–Kier alpha value is -2.78. The van der Waals surface area contributed by atoms with E-state index in [9.17, 15) is 0 Å². The van der Waals surface area contributed by atoms with Crippen molar-refractivity contribution in [2.45, 2.75) is 39.5 Å². The molecule has 0 amide bonds. The van der Waals surface area contributed by atoms with Crippen LogP contribution >= 0.6 is 11.3 Å². The number of aromatic nitrogens is 2. The Morgan fingerprint density at radius 2 is 1.57 bits per heavy atom. The second-order valence-electron chi connectivity index (χ2n) is 9.54. The molecule has 6 rings (SSSR count). The molecule has 0 bridgehead atoms. The molecule has 0 spiro atoms. The summed E-state index contributed by atoms with van der Waals surface area (Å²) in [5.74, 6) is 1.67. The average molecular weight is 652 g/mol. The van der Waals surface area contributed by atoms with Crippen molar-refractivity contribution >= 4 is 42.5 Å². The van der Waals surface area contributed by atoms with Crippen LogP contribution in [0.15, 0.2) is 78.9 Å². The molecule has 0 saturated heterocycles. The van der Waals surface area contributed by atoms with E-state index < -0.39 is 0 Å². The standard InChI is InChI=1S/C31H27N2S.Ir/c1-19(2)23-18-27-29(22-14-8-11-17-26(22)34-27)28(20(3)4)30(23)33-25-16-10-9-15-24(25)32-31(33)21-12-6-5-7-13-21;/h5-12,14-20H,1-4H3;/q-1;. The largest absolute Gasteiger partial charge is 0.333 e. The first-order valence-electron chi connectivity index (χ1n) is 12.0. The first-order valence-corrected chi connectivity index (χ1v) is 12.8. The number of hydrogen-bond donors (Lipinski definition) is 0. The van der Waals surface area contributed by atoms with E-state index in [2.05, 4.69) is 105 Å². The molecule has 0 fully saturated rings. The second kappa shape index (κ2) is 9.35. The van der Waals surface area contributed by atoms with Crippen LogP contribution in [0.1, 0.15) is 50.7 Å². The second-order valence-corrected chi connectivity index (χ2v) is 10.6. The fraction of sp³-hybridized carbons (Fsp3) is 0.194. The van der Waals surface area contributed by atoms with E-state index in [0.717, 1.165) is 22.4 Å². The van der Waals surface area contributed by atoms with Gasteiger partial charge in [0.25, 0.3) is 0 Å². The van der Waals surface area contributed by atoms with Crippen molar-refractivity contribution in [3.8, 4) is 17.1 Å². The van der Waals surface area contributed by atoms with Gasteiger partial charge in [0.1, 0.15) is 0 Å². The van der Waals surface area contributed by atoms with Crippen LogP contribution in [0.2, 0.25) is 0 Å². The van der Waals surface area contributed by atoms with Crippen LogP contribution < -0.4 is 0 Å². The minimum Gasteiger partial charge on any atom is -0.333 e. The third-order valence-corrected chi connectivity index (χ3v) is 7.76. The molecule has 4 aromatic carbocycles. The van der Waals surface area contributed by atoms with Crippen LogP contribution in [0.3, 0.4) is 0 Å². The maximum atomic E-state index is 5.12. The van der Waals surface area contributed by atoms with Gasteiger partial charge in [-0.2, -0.15) is 0 Å². The molecule has 1 radical (unpaired) electrons. The zero-order chi connectivity index (χ0) is 23.4. The SMILES string of the molecule is CC(C)c1cc2sc3ccccc3c2c(C(C)C)c1-n1c(-c2[c-]cccc2)nc2ccccc21.[Ir]. The first-order chi connectivity index (χ1) is 16.5. The Balaban J connectivity index is 0.00000253. The fourth-order valence-corrected chi connectivity index (χ4v) is 6.32. The summed E-state index contributed by atoms with van der Waals surface area (Å²) in [4.78, 5) is 5.12. The summed E-state index contributed by atoms with van der Waals surface area (Å²) in [5, 5.41) is 2.73. The van der Waals surface area contributed by atoms with Gasteiger partial charge in [-0.15, -0.1) is 47.2 Å².